The van der Waals surface area contributed by atoms with E-state index in [2.05, 4.69) is 16.7 Å². The monoisotopic (exact) mass is 338 g/mol. The normalized spacial score (nSPS) is 13.7. The second-order valence-corrected chi connectivity index (χ2v) is 5.79. The van der Waals surface area contributed by atoms with E-state index in [1.807, 2.05) is 48.5 Å². The van der Waals surface area contributed by atoms with Crippen molar-refractivity contribution in [1.29, 1.82) is 0 Å². The third kappa shape index (κ3) is 4.61. The standard InChI is InChI=1S/C20H22N2O3/c1-24-19-13-17(16-9-11-21-12-10-16)7-8-18(19)22-20(23)25-14-15-5-3-2-4-6-15/h2-9,13,21H,10-12,14H2,1H3,(H,22,23). The van der Waals surface area contributed by atoms with Gasteiger partial charge < -0.3 is 14.8 Å². The summed E-state index contributed by atoms with van der Waals surface area (Å²) >= 11 is 0. The van der Waals surface area contributed by atoms with Crippen LogP contribution in [0.25, 0.3) is 5.57 Å². The van der Waals surface area contributed by atoms with Gasteiger partial charge in [-0.3, -0.25) is 5.32 Å². The summed E-state index contributed by atoms with van der Waals surface area (Å²) in [7, 11) is 1.59. The summed E-state index contributed by atoms with van der Waals surface area (Å²) < 4.78 is 10.7. The van der Waals surface area contributed by atoms with Crippen LogP contribution in [-0.2, 0) is 11.3 Å². The number of nitrogens with one attached hydrogen (secondary N) is 2. The molecule has 0 radical (unpaired) electrons. The molecule has 0 saturated heterocycles. The van der Waals surface area contributed by atoms with Gasteiger partial charge in [0.15, 0.2) is 0 Å². The number of hydrogen-bond donors (Lipinski definition) is 2. The van der Waals surface area contributed by atoms with Crippen molar-refractivity contribution in [1.82, 2.24) is 5.32 Å². The van der Waals surface area contributed by atoms with Crippen molar-refractivity contribution < 1.29 is 14.3 Å². The second kappa shape index (κ2) is 8.35. The van der Waals surface area contributed by atoms with Crippen molar-refractivity contribution in [2.75, 3.05) is 25.5 Å². The highest BCUT2D eigenvalue weighted by molar-refractivity contribution is 5.87. The van der Waals surface area contributed by atoms with Gasteiger partial charge in [0.1, 0.15) is 12.4 Å². The summed E-state index contributed by atoms with van der Waals surface area (Å²) in [6.45, 7) is 2.08. The fraction of sp³-hybridized carbons (Fsp3) is 0.250. The van der Waals surface area contributed by atoms with Crippen LogP contribution in [0.5, 0.6) is 5.75 Å². The quantitative estimate of drug-likeness (QED) is 0.870. The fourth-order valence-corrected chi connectivity index (χ4v) is 2.75. The zero-order valence-electron chi connectivity index (χ0n) is 14.2. The van der Waals surface area contributed by atoms with E-state index in [0.717, 1.165) is 30.6 Å². The third-order valence-corrected chi connectivity index (χ3v) is 4.09. The first-order valence-electron chi connectivity index (χ1n) is 8.32. The maximum Gasteiger partial charge on any atom is 0.412 e. The molecule has 2 N–H and O–H groups in total. The SMILES string of the molecule is COc1cc(C2=CCNCC2)ccc1NC(=O)OCc1ccccc1. The van der Waals surface area contributed by atoms with Crippen LogP contribution in [-0.4, -0.2) is 26.3 Å². The zero-order chi connectivity index (χ0) is 17.5. The van der Waals surface area contributed by atoms with E-state index in [9.17, 15) is 4.79 Å². The Hall–Kier alpha value is -2.79. The van der Waals surface area contributed by atoms with Crippen LogP contribution >= 0.6 is 0 Å². The Kier molecular flexibility index (Phi) is 5.69. The van der Waals surface area contributed by atoms with Gasteiger partial charge in [0, 0.05) is 6.54 Å². The van der Waals surface area contributed by atoms with Crippen molar-refractivity contribution in [3.05, 3.63) is 65.7 Å². The van der Waals surface area contributed by atoms with E-state index in [4.69, 9.17) is 9.47 Å². The Morgan fingerprint density at radius 1 is 1.20 bits per heavy atom. The molecule has 130 valence electrons. The Labute approximate surface area is 147 Å². The number of rotatable bonds is 5. The molecule has 0 fully saturated rings. The first-order chi connectivity index (χ1) is 12.3. The van der Waals surface area contributed by atoms with Gasteiger partial charge in [-0.15, -0.1) is 0 Å². The Morgan fingerprint density at radius 2 is 2.04 bits per heavy atom. The molecule has 1 aliphatic heterocycles. The molecule has 0 unspecified atom stereocenters. The molecule has 5 nitrogen and oxygen atoms in total. The molecule has 1 heterocycles. The minimum Gasteiger partial charge on any atom is -0.495 e. The molecule has 0 spiro atoms. The van der Waals surface area contributed by atoms with Crippen molar-refractivity contribution in [3.8, 4) is 5.75 Å². The van der Waals surface area contributed by atoms with Gasteiger partial charge in [0.2, 0.25) is 0 Å². The van der Waals surface area contributed by atoms with E-state index < -0.39 is 6.09 Å². The molecule has 0 bridgehead atoms. The van der Waals surface area contributed by atoms with E-state index >= 15 is 0 Å². The van der Waals surface area contributed by atoms with Gasteiger partial charge in [-0.05, 0) is 41.8 Å². The lowest BCUT2D eigenvalue weighted by Crippen LogP contribution is -2.20. The Morgan fingerprint density at radius 3 is 2.76 bits per heavy atom. The summed E-state index contributed by atoms with van der Waals surface area (Å²) in [6.07, 6.45) is 2.66. The van der Waals surface area contributed by atoms with E-state index in [0.29, 0.717) is 11.4 Å². The Bertz CT molecular complexity index is 757. The highest BCUT2D eigenvalue weighted by Crippen LogP contribution is 2.30. The number of amides is 1. The molecule has 5 heteroatoms. The van der Waals surface area contributed by atoms with Gasteiger partial charge in [0.25, 0.3) is 0 Å². The molecule has 0 saturated carbocycles. The topological polar surface area (TPSA) is 59.6 Å². The summed E-state index contributed by atoms with van der Waals surface area (Å²) in [5.74, 6) is 0.619. The van der Waals surface area contributed by atoms with E-state index in [1.54, 1.807) is 7.11 Å². The van der Waals surface area contributed by atoms with Crippen molar-refractivity contribution in [2.45, 2.75) is 13.0 Å². The van der Waals surface area contributed by atoms with Crippen LogP contribution in [0.15, 0.2) is 54.6 Å². The van der Waals surface area contributed by atoms with Gasteiger partial charge in [-0.1, -0.05) is 42.5 Å². The number of benzene rings is 2. The minimum absolute atomic E-state index is 0.229. The number of carbonyl (C=O) groups is 1. The number of methoxy groups -OCH3 is 1. The molecule has 1 aliphatic rings. The average Bonchev–Trinajstić information content (AvgIpc) is 2.68. The van der Waals surface area contributed by atoms with Crippen LogP contribution in [0.1, 0.15) is 17.5 Å². The lowest BCUT2D eigenvalue weighted by molar-refractivity contribution is 0.155. The molecule has 0 aromatic heterocycles. The maximum absolute atomic E-state index is 12.0. The van der Waals surface area contributed by atoms with E-state index in [1.165, 1.54) is 5.57 Å². The first kappa shape index (κ1) is 17.0. The average molecular weight is 338 g/mol. The molecule has 0 aliphatic carbocycles. The highest BCUT2D eigenvalue weighted by atomic mass is 16.5. The van der Waals surface area contributed by atoms with Crippen LogP contribution < -0.4 is 15.4 Å². The van der Waals surface area contributed by atoms with Gasteiger partial charge >= 0.3 is 6.09 Å². The molecule has 2 aromatic rings. The molecule has 1 amide bonds. The van der Waals surface area contributed by atoms with Gasteiger partial charge in [0.05, 0.1) is 12.8 Å². The maximum atomic E-state index is 12.0. The largest absolute Gasteiger partial charge is 0.495 e. The number of hydrogen-bond acceptors (Lipinski definition) is 4. The summed E-state index contributed by atoms with van der Waals surface area (Å²) in [4.78, 5) is 12.0. The molecular weight excluding hydrogens is 316 g/mol. The van der Waals surface area contributed by atoms with Crippen molar-refractivity contribution in [3.63, 3.8) is 0 Å². The lowest BCUT2D eigenvalue weighted by Gasteiger charge is -2.16. The smallest absolute Gasteiger partial charge is 0.412 e. The van der Waals surface area contributed by atoms with Gasteiger partial charge in [-0.2, -0.15) is 0 Å². The van der Waals surface area contributed by atoms with Crippen molar-refractivity contribution >= 4 is 17.4 Å². The Balaban J connectivity index is 1.65. The number of carbonyl (C=O) groups excluding carboxylic acids is 1. The highest BCUT2D eigenvalue weighted by Gasteiger charge is 2.12. The fourth-order valence-electron chi connectivity index (χ4n) is 2.75. The van der Waals surface area contributed by atoms with Crippen LogP contribution in [0.2, 0.25) is 0 Å². The summed E-state index contributed by atoms with van der Waals surface area (Å²) in [5, 5.41) is 6.04. The molecule has 25 heavy (non-hydrogen) atoms. The summed E-state index contributed by atoms with van der Waals surface area (Å²) in [5.41, 5.74) is 3.94. The number of anilines is 1. The number of ether oxygens (including phenoxy) is 2. The molecule has 0 atom stereocenters. The van der Waals surface area contributed by atoms with Crippen LogP contribution in [0.4, 0.5) is 10.5 Å². The summed E-state index contributed by atoms with van der Waals surface area (Å²) in [6, 6.07) is 15.4. The van der Waals surface area contributed by atoms with Crippen LogP contribution in [0.3, 0.4) is 0 Å². The third-order valence-electron chi connectivity index (χ3n) is 4.09. The first-order valence-corrected chi connectivity index (χ1v) is 8.32. The molecule has 2 aromatic carbocycles. The van der Waals surface area contributed by atoms with Gasteiger partial charge in [-0.25, -0.2) is 4.79 Å². The minimum atomic E-state index is -0.504. The van der Waals surface area contributed by atoms with Crippen molar-refractivity contribution in [2.24, 2.45) is 0 Å². The lowest BCUT2D eigenvalue weighted by atomic mass is 9.99. The predicted octanol–water partition coefficient (Wildman–Crippen LogP) is 3.82. The predicted molar refractivity (Wildman–Crippen MR) is 98.7 cm³/mol. The van der Waals surface area contributed by atoms with E-state index in [-0.39, 0.29) is 6.61 Å². The zero-order valence-corrected chi connectivity index (χ0v) is 14.2. The second-order valence-electron chi connectivity index (χ2n) is 5.79. The van der Waals surface area contributed by atoms with Crippen LogP contribution in [0, 0.1) is 0 Å². The molecule has 3 rings (SSSR count). The molecular formula is C20H22N2O3.